The molecule has 0 aromatic rings. The molecule has 34 heavy (non-hydrogen) atoms. The van der Waals surface area contributed by atoms with Crippen LogP contribution in [0.1, 0.15) is 41.5 Å². The maximum absolute atomic E-state index is 12.3. The predicted octanol–water partition coefficient (Wildman–Crippen LogP) is -0.581. The van der Waals surface area contributed by atoms with Gasteiger partial charge in [-0.1, -0.05) is 0 Å². The van der Waals surface area contributed by atoms with Gasteiger partial charge < -0.3 is 41.4 Å². The van der Waals surface area contributed by atoms with E-state index in [1.807, 2.05) is 0 Å². The van der Waals surface area contributed by atoms with Crippen LogP contribution in [0.5, 0.6) is 0 Å². The molecule has 0 fully saturated rings. The van der Waals surface area contributed by atoms with Crippen LogP contribution < -0.4 is 31.9 Å². The summed E-state index contributed by atoms with van der Waals surface area (Å²) >= 11 is 0. The van der Waals surface area contributed by atoms with E-state index in [0.29, 0.717) is 0 Å². The normalized spacial score (nSPS) is 11.1. The van der Waals surface area contributed by atoms with Crippen molar-refractivity contribution in [3.05, 3.63) is 0 Å². The van der Waals surface area contributed by atoms with E-state index in [0.717, 1.165) is 0 Å². The number of alkyl carbamates (subject to hydrolysis) is 3. The Labute approximate surface area is 196 Å². The van der Waals surface area contributed by atoms with Crippen LogP contribution in [-0.4, -0.2) is 73.7 Å². The molecule has 16 heteroatoms. The van der Waals surface area contributed by atoms with Crippen LogP contribution in [0.4, 0.5) is 14.4 Å². The van der Waals surface area contributed by atoms with E-state index in [9.17, 15) is 28.8 Å². The number of nitrogens with one attached hydrogen (secondary N) is 6. The predicted molar refractivity (Wildman–Crippen MR) is 116 cm³/mol. The minimum atomic E-state index is -1.34. The molecule has 16 nitrogen and oxygen atoms in total. The van der Waals surface area contributed by atoms with E-state index < -0.39 is 42.0 Å². The SMILES string of the molecule is CC(=O)NCNC(=O)OCNC(=O)C(C)(C)N=NC(C)(C)CNC(=O)OC(=O)NCNC(C)=O. The molecule has 0 bridgehead atoms. The first kappa shape index (κ1) is 30.0. The summed E-state index contributed by atoms with van der Waals surface area (Å²) in [4.78, 5) is 68.2. The Balaban J connectivity index is 4.46. The monoisotopic (exact) mass is 488 g/mol. The molecular formula is C18H32N8O8. The van der Waals surface area contributed by atoms with Gasteiger partial charge in [0.2, 0.25) is 11.8 Å². The highest BCUT2D eigenvalue weighted by atomic mass is 16.6. The van der Waals surface area contributed by atoms with Gasteiger partial charge in [0.05, 0.1) is 18.9 Å². The molecule has 0 aliphatic heterocycles. The van der Waals surface area contributed by atoms with Crippen LogP contribution in [-0.2, 0) is 23.9 Å². The minimum absolute atomic E-state index is 0.0798. The number of nitrogens with zero attached hydrogens (tertiary/aromatic N) is 2. The van der Waals surface area contributed by atoms with Crippen molar-refractivity contribution in [3.63, 3.8) is 0 Å². The lowest BCUT2D eigenvalue weighted by molar-refractivity contribution is -0.126. The fraction of sp³-hybridized carbons (Fsp3) is 0.667. The first-order valence-electron chi connectivity index (χ1n) is 10.00. The zero-order chi connectivity index (χ0) is 26.4. The summed E-state index contributed by atoms with van der Waals surface area (Å²) < 4.78 is 9.20. The Morgan fingerprint density at radius 3 is 1.71 bits per heavy atom. The summed E-state index contributed by atoms with van der Waals surface area (Å²) in [5, 5.41) is 21.8. The Bertz CT molecular complexity index is 797. The highest BCUT2D eigenvalue weighted by Gasteiger charge is 2.29. The summed E-state index contributed by atoms with van der Waals surface area (Å²) in [5.74, 6) is -1.30. The highest BCUT2D eigenvalue weighted by molar-refractivity contribution is 5.85. The zero-order valence-electron chi connectivity index (χ0n) is 20.0. The maximum atomic E-state index is 12.3. The largest absolute Gasteiger partial charge is 0.428 e. The van der Waals surface area contributed by atoms with E-state index in [2.05, 4.69) is 46.9 Å². The lowest BCUT2D eigenvalue weighted by Crippen LogP contribution is -2.44. The molecule has 192 valence electrons. The molecule has 6 N–H and O–H groups in total. The molecule has 0 aromatic heterocycles. The third kappa shape index (κ3) is 14.9. The van der Waals surface area contributed by atoms with Gasteiger partial charge in [-0.05, 0) is 27.7 Å². The van der Waals surface area contributed by atoms with Gasteiger partial charge in [0.15, 0.2) is 12.3 Å². The molecule has 0 aliphatic rings. The molecular weight excluding hydrogens is 456 g/mol. The van der Waals surface area contributed by atoms with Crippen LogP contribution in [0, 0.1) is 0 Å². The summed E-state index contributed by atoms with van der Waals surface area (Å²) in [6.07, 6.45) is -2.96. The first-order valence-corrected chi connectivity index (χ1v) is 10.00. The van der Waals surface area contributed by atoms with Crippen molar-refractivity contribution in [1.82, 2.24) is 31.9 Å². The molecule has 0 spiro atoms. The Kier molecular flexibility index (Phi) is 12.6. The molecule has 0 radical (unpaired) electrons. The fourth-order valence-corrected chi connectivity index (χ4v) is 1.70. The van der Waals surface area contributed by atoms with Gasteiger partial charge in [-0.25, -0.2) is 14.4 Å². The van der Waals surface area contributed by atoms with Crippen molar-refractivity contribution in [2.24, 2.45) is 10.2 Å². The third-order valence-electron chi connectivity index (χ3n) is 3.55. The van der Waals surface area contributed by atoms with Crippen LogP contribution in [0.25, 0.3) is 0 Å². The zero-order valence-corrected chi connectivity index (χ0v) is 20.0. The van der Waals surface area contributed by atoms with Gasteiger partial charge in [-0.15, -0.1) is 0 Å². The number of hydrogen-bond donors (Lipinski definition) is 6. The smallest absolute Gasteiger partial charge is 0.417 e. The molecule has 0 unspecified atom stereocenters. The maximum Gasteiger partial charge on any atom is 0.417 e. The molecule has 6 amide bonds. The topological polar surface area (TPSA) is 218 Å². The summed E-state index contributed by atoms with van der Waals surface area (Å²) in [6.45, 7) is 7.86. The van der Waals surface area contributed by atoms with Crippen LogP contribution in [0.3, 0.4) is 0 Å². The average molecular weight is 489 g/mol. The Morgan fingerprint density at radius 2 is 1.18 bits per heavy atom. The summed E-state index contributed by atoms with van der Waals surface area (Å²) in [5.41, 5.74) is -2.30. The van der Waals surface area contributed by atoms with E-state index >= 15 is 0 Å². The van der Waals surface area contributed by atoms with E-state index in [1.54, 1.807) is 13.8 Å². The van der Waals surface area contributed by atoms with Crippen molar-refractivity contribution >= 4 is 36.0 Å². The number of rotatable bonds is 11. The molecule has 0 saturated heterocycles. The number of ether oxygens (including phenoxy) is 2. The van der Waals surface area contributed by atoms with Crippen LogP contribution in [0.15, 0.2) is 10.2 Å². The van der Waals surface area contributed by atoms with Gasteiger partial charge in [0, 0.05) is 20.4 Å². The number of azo groups is 1. The number of amides is 6. The second-order valence-electron chi connectivity index (χ2n) is 7.86. The molecule has 0 atom stereocenters. The van der Waals surface area contributed by atoms with E-state index in [-0.39, 0.29) is 31.7 Å². The standard InChI is InChI=1S/C18H32N8O8/c1-11(27)20-8-22-14(30)33-10-24-13(29)18(5,6)26-25-17(3,4)7-19-15(31)34-16(32)23-9-21-12(2)28/h7-10H2,1-6H3,(H,19,31)(H,20,27)(H,21,28)(H,22,30)(H,23,32)(H,24,29). The van der Waals surface area contributed by atoms with Crippen molar-refractivity contribution in [3.8, 4) is 0 Å². The number of hydrogen-bond acceptors (Lipinski definition) is 10. The lowest BCUT2D eigenvalue weighted by atomic mass is 10.1. The second kappa shape index (κ2) is 14.2. The van der Waals surface area contributed by atoms with Gasteiger partial charge in [0.25, 0.3) is 5.91 Å². The highest BCUT2D eigenvalue weighted by Crippen LogP contribution is 2.15. The first-order chi connectivity index (χ1) is 15.6. The molecule has 0 aromatic carbocycles. The molecule has 0 rings (SSSR count). The van der Waals surface area contributed by atoms with Crippen molar-refractivity contribution in [1.29, 1.82) is 0 Å². The van der Waals surface area contributed by atoms with E-state index in [4.69, 9.17) is 4.74 Å². The molecule has 0 saturated carbocycles. The molecule has 0 aliphatic carbocycles. The fourth-order valence-electron chi connectivity index (χ4n) is 1.70. The van der Waals surface area contributed by atoms with Crippen molar-refractivity contribution in [2.45, 2.75) is 52.6 Å². The summed E-state index contributed by atoms with van der Waals surface area (Å²) in [7, 11) is 0. The van der Waals surface area contributed by atoms with Gasteiger partial charge in [0.1, 0.15) is 0 Å². The number of carbonyl (C=O) groups excluding carboxylic acids is 6. The summed E-state index contributed by atoms with van der Waals surface area (Å²) in [6, 6.07) is 0. The second-order valence-corrected chi connectivity index (χ2v) is 7.86. The Morgan fingerprint density at radius 1 is 0.676 bits per heavy atom. The van der Waals surface area contributed by atoms with Gasteiger partial charge in [-0.2, -0.15) is 10.2 Å². The average Bonchev–Trinajstić information content (AvgIpc) is 2.70. The minimum Gasteiger partial charge on any atom is -0.428 e. The quantitative estimate of drug-likeness (QED) is 0.125. The van der Waals surface area contributed by atoms with Gasteiger partial charge in [-0.3, -0.25) is 14.4 Å². The Hall–Kier alpha value is -3.98. The van der Waals surface area contributed by atoms with Crippen LogP contribution in [0.2, 0.25) is 0 Å². The van der Waals surface area contributed by atoms with Crippen LogP contribution >= 0.6 is 0 Å². The lowest BCUT2D eigenvalue weighted by Gasteiger charge is -2.22. The molecule has 0 heterocycles. The third-order valence-corrected chi connectivity index (χ3v) is 3.55. The number of carbonyl (C=O) groups is 6. The van der Waals surface area contributed by atoms with Gasteiger partial charge >= 0.3 is 18.3 Å². The van der Waals surface area contributed by atoms with Crippen molar-refractivity contribution in [2.75, 3.05) is 26.6 Å². The van der Waals surface area contributed by atoms with E-state index in [1.165, 1.54) is 27.7 Å². The van der Waals surface area contributed by atoms with Crippen molar-refractivity contribution < 1.29 is 38.2 Å².